The van der Waals surface area contributed by atoms with Gasteiger partial charge >= 0.3 is 0 Å². The van der Waals surface area contributed by atoms with Crippen LogP contribution in [0.25, 0.3) is 0 Å². The Morgan fingerprint density at radius 1 is 1.29 bits per heavy atom. The van der Waals surface area contributed by atoms with Crippen molar-refractivity contribution in [3.05, 3.63) is 0 Å². The average molecular weight is 203 g/mol. The summed E-state index contributed by atoms with van der Waals surface area (Å²) >= 11 is 0. The van der Waals surface area contributed by atoms with Crippen molar-refractivity contribution in [1.29, 1.82) is 0 Å². The molecule has 0 radical (unpaired) electrons. The van der Waals surface area contributed by atoms with Gasteiger partial charge in [0.15, 0.2) is 6.29 Å². The number of hydrogen-bond acceptors (Lipinski definition) is 4. The fraction of sp³-hybridized carbons (Fsp3) is 1.00. The van der Waals surface area contributed by atoms with E-state index in [9.17, 15) is 0 Å². The van der Waals surface area contributed by atoms with E-state index in [1.54, 1.807) is 0 Å². The summed E-state index contributed by atoms with van der Waals surface area (Å²) in [4.78, 5) is 2.20. The highest BCUT2D eigenvalue weighted by atomic mass is 16.7. The Hall–Kier alpha value is -0.160. The van der Waals surface area contributed by atoms with E-state index in [1.807, 2.05) is 0 Å². The summed E-state index contributed by atoms with van der Waals surface area (Å²) in [5.41, 5.74) is 0. The lowest BCUT2D eigenvalue weighted by atomic mass is 10.3. The molecular weight excluding hydrogens is 182 g/mol. The monoisotopic (exact) mass is 203 g/mol. The predicted molar refractivity (Wildman–Crippen MR) is 54.1 cm³/mol. The molecule has 0 aromatic heterocycles. The molecular formula is C10H21NO3. The number of ether oxygens (including phenoxy) is 2. The molecule has 1 fully saturated rings. The Morgan fingerprint density at radius 3 is 2.57 bits per heavy atom. The van der Waals surface area contributed by atoms with E-state index >= 15 is 0 Å². The van der Waals surface area contributed by atoms with Gasteiger partial charge in [0.1, 0.15) is 0 Å². The Bertz CT molecular complexity index is 133. The molecule has 0 aliphatic carbocycles. The van der Waals surface area contributed by atoms with Crippen LogP contribution in [0.1, 0.15) is 19.8 Å². The molecule has 0 spiro atoms. The summed E-state index contributed by atoms with van der Waals surface area (Å²) in [6, 6.07) is 0. The van der Waals surface area contributed by atoms with Crippen molar-refractivity contribution < 1.29 is 14.6 Å². The Labute approximate surface area is 85.8 Å². The van der Waals surface area contributed by atoms with E-state index in [-0.39, 0.29) is 12.9 Å². The molecule has 1 aliphatic heterocycles. The average Bonchev–Trinajstić information content (AvgIpc) is 2.25. The van der Waals surface area contributed by atoms with Crippen LogP contribution in [0.4, 0.5) is 0 Å². The molecule has 1 heterocycles. The van der Waals surface area contributed by atoms with Gasteiger partial charge in [-0.15, -0.1) is 0 Å². The van der Waals surface area contributed by atoms with E-state index < -0.39 is 0 Å². The summed E-state index contributed by atoms with van der Waals surface area (Å²) < 4.78 is 10.9. The van der Waals surface area contributed by atoms with E-state index in [0.717, 1.165) is 45.7 Å². The fourth-order valence-corrected chi connectivity index (χ4v) is 1.56. The zero-order valence-corrected chi connectivity index (χ0v) is 8.95. The molecule has 0 aromatic carbocycles. The molecule has 0 aromatic rings. The second-order valence-corrected chi connectivity index (χ2v) is 3.47. The Balaban J connectivity index is 2.10. The lowest BCUT2D eigenvalue weighted by Gasteiger charge is -2.26. The topological polar surface area (TPSA) is 41.9 Å². The van der Waals surface area contributed by atoms with Gasteiger partial charge in [-0.3, -0.25) is 0 Å². The minimum atomic E-state index is -0.0310. The molecule has 1 aliphatic rings. The third-order valence-corrected chi connectivity index (χ3v) is 2.44. The Morgan fingerprint density at radius 2 is 2.00 bits per heavy atom. The van der Waals surface area contributed by atoms with Crippen molar-refractivity contribution in [3.63, 3.8) is 0 Å². The van der Waals surface area contributed by atoms with Crippen molar-refractivity contribution in [2.45, 2.75) is 26.1 Å². The maximum atomic E-state index is 8.80. The first-order valence-corrected chi connectivity index (χ1v) is 5.43. The molecule has 1 saturated heterocycles. The van der Waals surface area contributed by atoms with Crippen LogP contribution < -0.4 is 0 Å². The van der Waals surface area contributed by atoms with E-state index in [1.165, 1.54) is 0 Å². The molecule has 1 rings (SSSR count). The van der Waals surface area contributed by atoms with Gasteiger partial charge in [0.05, 0.1) is 19.8 Å². The van der Waals surface area contributed by atoms with Crippen LogP contribution in [-0.4, -0.2) is 55.8 Å². The van der Waals surface area contributed by atoms with Gasteiger partial charge in [0.2, 0.25) is 0 Å². The third-order valence-electron chi connectivity index (χ3n) is 2.44. The minimum absolute atomic E-state index is 0.0310. The van der Waals surface area contributed by atoms with Gasteiger partial charge in [-0.1, -0.05) is 6.92 Å². The van der Waals surface area contributed by atoms with Gasteiger partial charge in [-0.05, 0) is 13.0 Å². The lowest BCUT2D eigenvalue weighted by molar-refractivity contribution is -0.182. The quantitative estimate of drug-likeness (QED) is 0.680. The largest absolute Gasteiger partial charge is 0.395 e. The highest BCUT2D eigenvalue weighted by Gasteiger charge is 2.14. The van der Waals surface area contributed by atoms with Gasteiger partial charge in [-0.25, -0.2) is 0 Å². The van der Waals surface area contributed by atoms with Crippen LogP contribution in [0.2, 0.25) is 0 Å². The minimum Gasteiger partial charge on any atom is -0.395 e. The van der Waals surface area contributed by atoms with E-state index in [0.29, 0.717) is 0 Å². The summed E-state index contributed by atoms with van der Waals surface area (Å²) in [7, 11) is 0. The van der Waals surface area contributed by atoms with Crippen LogP contribution in [-0.2, 0) is 9.47 Å². The van der Waals surface area contributed by atoms with Crippen molar-refractivity contribution in [1.82, 2.24) is 4.90 Å². The molecule has 1 N–H and O–H groups in total. The van der Waals surface area contributed by atoms with Gasteiger partial charge in [0.25, 0.3) is 0 Å². The maximum absolute atomic E-state index is 8.80. The zero-order chi connectivity index (χ0) is 10.2. The van der Waals surface area contributed by atoms with Crippen molar-refractivity contribution in [3.8, 4) is 0 Å². The van der Waals surface area contributed by atoms with Crippen molar-refractivity contribution >= 4 is 0 Å². The highest BCUT2D eigenvalue weighted by Crippen LogP contribution is 2.08. The van der Waals surface area contributed by atoms with Gasteiger partial charge < -0.3 is 19.5 Å². The third kappa shape index (κ3) is 4.37. The number of aliphatic hydroxyl groups excluding tert-OH is 1. The second kappa shape index (κ2) is 7.17. The smallest absolute Gasteiger partial charge is 0.158 e. The molecule has 14 heavy (non-hydrogen) atoms. The number of rotatable bonds is 6. The van der Waals surface area contributed by atoms with Crippen LogP contribution in [0, 0.1) is 0 Å². The Kier molecular flexibility index (Phi) is 6.10. The molecule has 4 nitrogen and oxygen atoms in total. The highest BCUT2D eigenvalue weighted by molar-refractivity contribution is 4.58. The predicted octanol–water partition coefficient (Wildman–Crippen LogP) is 0.454. The zero-order valence-electron chi connectivity index (χ0n) is 8.95. The standard InChI is InChI=1S/C10H21NO3/c1-2-11(6-7-12)5-4-10-13-8-3-9-14-10/h10,12H,2-9H2,1H3. The number of aliphatic hydroxyl groups is 1. The van der Waals surface area contributed by atoms with Crippen LogP contribution >= 0.6 is 0 Å². The summed E-state index contributed by atoms with van der Waals surface area (Å²) in [6.07, 6.45) is 1.87. The molecule has 0 bridgehead atoms. The molecule has 0 saturated carbocycles. The molecule has 0 amide bonds. The number of nitrogens with zero attached hydrogens (tertiary/aromatic N) is 1. The summed E-state index contributed by atoms with van der Waals surface area (Å²) in [6.45, 7) is 6.59. The van der Waals surface area contributed by atoms with Crippen LogP contribution in [0.3, 0.4) is 0 Å². The molecule has 0 unspecified atom stereocenters. The van der Waals surface area contributed by atoms with Crippen LogP contribution in [0.15, 0.2) is 0 Å². The maximum Gasteiger partial charge on any atom is 0.158 e. The first-order chi connectivity index (χ1) is 6.86. The van der Waals surface area contributed by atoms with Crippen LogP contribution in [0.5, 0.6) is 0 Å². The fourth-order valence-electron chi connectivity index (χ4n) is 1.56. The van der Waals surface area contributed by atoms with Gasteiger partial charge in [0, 0.05) is 19.5 Å². The SMILES string of the molecule is CCN(CCO)CCC1OCCCO1. The van der Waals surface area contributed by atoms with E-state index in [4.69, 9.17) is 14.6 Å². The summed E-state index contributed by atoms with van der Waals surface area (Å²) in [5.74, 6) is 0. The molecule has 4 heteroatoms. The van der Waals surface area contributed by atoms with Crippen molar-refractivity contribution in [2.24, 2.45) is 0 Å². The van der Waals surface area contributed by atoms with Gasteiger partial charge in [-0.2, -0.15) is 0 Å². The first kappa shape index (κ1) is 11.9. The lowest BCUT2D eigenvalue weighted by Crippen LogP contribution is -2.33. The molecule has 0 atom stereocenters. The second-order valence-electron chi connectivity index (χ2n) is 3.47. The number of likely N-dealkylation sites (N-methyl/N-ethyl adjacent to an activating group) is 1. The molecule has 84 valence electrons. The summed E-state index contributed by atoms with van der Waals surface area (Å²) in [5, 5.41) is 8.80. The number of hydrogen-bond donors (Lipinski definition) is 1. The van der Waals surface area contributed by atoms with E-state index in [2.05, 4.69) is 11.8 Å². The van der Waals surface area contributed by atoms with Crippen molar-refractivity contribution in [2.75, 3.05) is 39.5 Å². The normalized spacial score (nSPS) is 19.1. The first-order valence-electron chi connectivity index (χ1n) is 5.43.